The van der Waals surface area contributed by atoms with Crippen LogP contribution in [0.15, 0.2) is 95.7 Å². The van der Waals surface area contributed by atoms with Gasteiger partial charge < -0.3 is 4.42 Å². The Morgan fingerprint density at radius 3 is 2.06 bits per heavy atom. The number of hydrogen-bond acceptors (Lipinski definition) is 2. The first kappa shape index (κ1) is 21.2. The second kappa shape index (κ2) is 8.13. The van der Waals surface area contributed by atoms with Gasteiger partial charge in [0, 0.05) is 10.8 Å². The molecule has 6 aromatic rings. The van der Waals surface area contributed by atoms with Gasteiger partial charge in [-0.25, -0.2) is 9.37 Å². The highest BCUT2D eigenvalue weighted by molar-refractivity contribution is 6.13. The summed E-state index contributed by atoms with van der Waals surface area (Å²) in [5, 5.41) is 1.69. The van der Waals surface area contributed by atoms with Crippen LogP contribution in [-0.4, -0.2) is 4.98 Å². The molecule has 6 rings (SSSR count). The number of aryl methyl sites for hydroxylation is 2. The van der Waals surface area contributed by atoms with Crippen molar-refractivity contribution in [2.24, 2.45) is 7.05 Å². The zero-order valence-electron chi connectivity index (χ0n) is 19.2. The summed E-state index contributed by atoms with van der Waals surface area (Å²) in [4.78, 5) is 3.84. The van der Waals surface area contributed by atoms with Crippen molar-refractivity contribution in [2.75, 3.05) is 0 Å². The fourth-order valence-electron chi connectivity index (χ4n) is 4.74. The minimum absolute atomic E-state index is 0.351. The van der Waals surface area contributed by atoms with E-state index in [1.54, 1.807) is 17.7 Å². The number of hydrogen-bond donors (Lipinski definition) is 0. The number of aromatic nitrogens is 2. The number of rotatable bonds is 3. The predicted molar refractivity (Wildman–Crippen MR) is 134 cm³/mol. The van der Waals surface area contributed by atoms with Crippen molar-refractivity contribution in [1.29, 1.82) is 0 Å². The summed E-state index contributed by atoms with van der Waals surface area (Å²) in [7, 11) is 1.76. The standard InChI is InChI=1S/C30H21F2N2O/c1-18-8-13-22-23-14-15-24(31)28(21-11-9-20(10-12-21)19-6-4-3-5-7-19)30(23)35-29(22)27(18)25-16-33-26(32)17-34(25)2/h3-17H,1-2H3/q+1. The van der Waals surface area contributed by atoms with Crippen LogP contribution in [0.3, 0.4) is 0 Å². The molecule has 2 heterocycles. The van der Waals surface area contributed by atoms with E-state index in [9.17, 15) is 4.39 Å². The Hall–Kier alpha value is -4.38. The third kappa shape index (κ3) is 3.48. The van der Waals surface area contributed by atoms with Crippen LogP contribution >= 0.6 is 0 Å². The van der Waals surface area contributed by atoms with Gasteiger partial charge in [-0.15, -0.1) is 0 Å². The predicted octanol–water partition coefficient (Wildman–Crippen LogP) is 7.39. The molecule has 0 N–H and O–H groups in total. The molecule has 5 heteroatoms. The van der Waals surface area contributed by atoms with E-state index in [0.717, 1.165) is 38.6 Å². The largest absolute Gasteiger partial charge is 0.454 e. The van der Waals surface area contributed by atoms with Gasteiger partial charge in [0.1, 0.15) is 30.2 Å². The highest BCUT2D eigenvalue weighted by atomic mass is 19.1. The Morgan fingerprint density at radius 1 is 0.714 bits per heavy atom. The topological polar surface area (TPSA) is 29.9 Å². The summed E-state index contributed by atoms with van der Waals surface area (Å²) in [6.45, 7) is 1.97. The van der Waals surface area contributed by atoms with Gasteiger partial charge >= 0.3 is 0 Å². The van der Waals surface area contributed by atoms with Crippen molar-refractivity contribution in [2.45, 2.75) is 6.92 Å². The maximum Gasteiger partial charge on any atom is 0.277 e. The lowest BCUT2D eigenvalue weighted by Crippen LogP contribution is -2.32. The lowest BCUT2D eigenvalue weighted by molar-refractivity contribution is -0.662. The van der Waals surface area contributed by atoms with Gasteiger partial charge in [0.25, 0.3) is 5.95 Å². The second-order valence-electron chi connectivity index (χ2n) is 8.68. The van der Waals surface area contributed by atoms with Crippen LogP contribution in [0.25, 0.3) is 55.4 Å². The van der Waals surface area contributed by atoms with E-state index >= 15 is 4.39 Å². The molecule has 0 saturated heterocycles. The second-order valence-corrected chi connectivity index (χ2v) is 8.68. The molecule has 0 aliphatic carbocycles. The summed E-state index contributed by atoms with van der Waals surface area (Å²) in [5.41, 5.74) is 6.89. The zero-order valence-corrected chi connectivity index (χ0v) is 19.2. The van der Waals surface area contributed by atoms with Crippen molar-refractivity contribution in [3.05, 3.63) is 109 Å². The van der Waals surface area contributed by atoms with Gasteiger partial charge in [-0.1, -0.05) is 66.7 Å². The molecule has 170 valence electrons. The number of halogens is 2. The Labute approximate surface area is 200 Å². The molecular formula is C30H21F2N2O+. The Balaban J connectivity index is 1.58. The lowest BCUT2D eigenvalue weighted by atomic mass is 9.97. The Bertz CT molecular complexity index is 1720. The minimum atomic E-state index is -0.561. The molecular weight excluding hydrogens is 442 g/mol. The number of nitrogens with zero attached hydrogens (tertiary/aromatic N) is 2. The van der Waals surface area contributed by atoms with Gasteiger partial charge in [-0.2, -0.15) is 8.96 Å². The summed E-state index contributed by atoms with van der Waals surface area (Å²) >= 11 is 0. The molecule has 0 bridgehead atoms. The quantitative estimate of drug-likeness (QED) is 0.256. The van der Waals surface area contributed by atoms with Crippen LogP contribution < -0.4 is 4.57 Å². The van der Waals surface area contributed by atoms with Gasteiger partial charge in [0.2, 0.25) is 11.9 Å². The molecule has 35 heavy (non-hydrogen) atoms. The molecule has 0 unspecified atom stereocenters. The average molecular weight is 464 g/mol. The maximum atomic E-state index is 15.3. The maximum absolute atomic E-state index is 15.3. The molecule has 0 aliphatic heterocycles. The molecule has 0 radical (unpaired) electrons. The average Bonchev–Trinajstić information content (AvgIpc) is 3.24. The van der Waals surface area contributed by atoms with E-state index in [-0.39, 0.29) is 5.82 Å². The van der Waals surface area contributed by atoms with Crippen molar-refractivity contribution in [1.82, 2.24) is 4.98 Å². The van der Waals surface area contributed by atoms with E-state index in [4.69, 9.17) is 4.42 Å². The summed E-state index contributed by atoms with van der Waals surface area (Å²) in [6.07, 6.45) is 2.82. The van der Waals surface area contributed by atoms with Gasteiger partial charge in [-0.05, 0) is 41.3 Å². The van der Waals surface area contributed by atoms with E-state index in [1.165, 1.54) is 18.5 Å². The molecule has 3 nitrogen and oxygen atoms in total. The van der Waals surface area contributed by atoms with Crippen LogP contribution in [0.4, 0.5) is 8.78 Å². The van der Waals surface area contributed by atoms with Crippen LogP contribution in [0, 0.1) is 18.7 Å². The van der Waals surface area contributed by atoms with E-state index in [1.807, 2.05) is 73.7 Å². The summed E-state index contributed by atoms with van der Waals surface area (Å²) < 4.78 is 37.0. The monoisotopic (exact) mass is 463 g/mol. The van der Waals surface area contributed by atoms with Crippen molar-refractivity contribution < 1.29 is 17.8 Å². The third-order valence-electron chi connectivity index (χ3n) is 6.49. The van der Waals surface area contributed by atoms with Crippen LogP contribution in [-0.2, 0) is 7.05 Å². The van der Waals surface area contributed by atoms with Crippen LogP contribution in [0.1, 0.15) is 5.56 Å². The third-order valence-corrected chi connectivity index (χ3v) is 6.49. The Morgan fingerprint density at radius 2 is 1.34 bits per heavy atom. The van der Waals surface area contributed by atoms with Crippen molar-refractivity contribution in [3.8, 4) is 33.5 Å². The van der Waals surface area contributed by atoms with Crippen molar-refractivity contribution >= 4 is 21.9 Å². The fraction of sp³-hybridized carbons (Fsp3) is 0.0667. The highest BCUT2D eigenvalue weighted by Crippen LogP contribution is 2.41. The van der Waals surface area contributed by atoms with Crippen molar-refractivity contribution in [3.63, 3.8) is 0 Å². The molecule has 0 aliphatic rings. The number of furan rings is 1. The zero-order chi connectivity index (χ0) is 24.1. The molecule has 0 saturated carbocycles. The molecule has 0 spiro atoms. The molecule has 2 aromatic heterocycles. The highest BCUT2D eigenvalue weighted by Gasteiger charge is 2.23. The van der Waals surface area contributed by atoms with E-state index in [2.05, 4.69) is 4.98 Å². The van der Waals surface area contributed by atoms with Crippen LogP contribution in [0.2, 0.25) is 0 Å². The molecule has 0 amide bonds. The van der Waals surface area contributed by atoms with Crippen LogP contribution in [0.5, 0.6) is 0 Å². The van der Waals surface area contributed by atoms with E-state index < -0.39 is 5.95 Å². The van der Waals surface area contributed by atoms with Gasteiger partial charge in [-0.3, -0.25) is 0 Å². The summed E-state index contributed by atoms with van der Waals surface area (Å²) in [6, 6.07) is 25.1. The lowest BCUT2D eigenvalue weighted by Gasteiger charge is -2.07. The minimum Gasteiger partial charge on any atom is -0.454 e. The number of benzene rings is 4. The first-order valence-corrected chi connectivity index (χ1v) is 11.3. The SMILES string of the molecule is Cc1ccc2c(oc3c(-c4ccc(-c5ccccc5)cc4)c(F)ccc32)c1-c1cnc(F)c[n+]1C. The molecule has 4 aromatic carbocycles. The molecule has 0 atom stereocenters. The van der Waals surface area contributed by atoms with E-state index in [0.29, 0.717) is 22.4 Å². The first-order chi connectivity index (χ1) is 17.0. The fourth-order valence-corrected chi connectivity index (χ4v) is 4.74. The Kier molecular flexibility index (Phi) is 4.92. The number of fused-ring (bicyclic) bond motifs is 3. The molecule has 0 fully saturated rings. The van der Waals surface area contributed by atoms with Gasteiger partial charge in [0.15, 0.2) is 0 Å². The van der Waals surface area contributed by atoms with Gasteiger partial charge in [0.05, 0.1) is 11.1 Å². The summed E-state index contributed by atoms with van der Waals surface area (Å²) in [5.74, 6) is -0.912. The normalized spacial score (nSPS) is 11.4. The first-order valence-electron chi connectivity index (χ1n) is 11.3. The smallest absolute Gasteiger partial charge is 0.277 e.